The zero-order valence-corrected chi connectivity index (χ0v) is 10.6. The molecule has 0 spiro atoms. The Kier molecular flexibility index (Phi) is 2.98. The summed E-state index contributed by atoms with van der Waals surface area (Å²) in [6, 6.07) is 1.28. The molecular formula is C10H10N4O4S. The SMILES string of the molecule is CS(=O)(=O)c1cnc(N)nc1-c1c[nH]c(C(=O)O)c1. The van der Waals surface area contributed by atoms with Crippen LogP contribution in [-0.4, -0.2) is 40.7 Å². The lowest BCUT2D eigenvalue weighted by Crippen LogP contribution is -2.05. The van der Waals surface area contributed by atoms with Gasteiger partial charge in [-0.25, -0.2) is 23.2 Å². The Labute approximate surface area is 108 Å². The largest absolute Gasteiger partial charge is 0.477 e. The minimum absolute atomic E-state index is 0.0683. The number of nitrogens with two attached hydrogens (primary N) is 1. The molecule has 0 aliphatic carbocycles. The number of carbonyl (C=O) groups is 1. The molecule has 0 aliphatic heterocycles. The van der Waals surface area contributed by atoms with Crippen LogP contribution in [0.15, 0.2) is 23.4 Å². The van der Waals surface area contributed by atoms with Gasteiger partial charge < -0.3 is 15.8 Å². The molecule has 100 valence electrons. The van der Waals surface area contributed by atoms with Crippen LogP contribution in [0.3, 0.4) is 0 Å². The minimum Gasteiger partial charge on any atom is -0.477 e. The van der Waals surface area contributed by atoms with Gasteiger partial charge in [-0.3, -0.25) is 0 Å². The van der Waals surface area contributed by atoms with E-state index in [9.17, 15) is 13.2 Å². The number of anilines is 1. The first-order valence-electron chi connectivity index (χ1n) is 5.03. The summed E-state index contributed by atoms with van der Waals surface area (Å²) in [6.45, 7) is 0. The highest BCUT2D eigenvalue weighted by Crippen LogP contribution is 2.26. The van der Waals surface area contributed by atoms with Crippen molar-refractivity contribution in [3.8, 4) is 11.3 Å². The molecule has 0 atom stereocenters. The van der Waals surface area contributed by atoms with Crippen LogP contribution in [-0.2, 0) is 9.84 Å². The molecule has 2 aromatic heterocycles. The van der Waals surface area contributed by atoms with Crippen molar-refractivity contribution in [2.24, 2.45) is 0 Å². The Bertz CT molecular complexity index is 751. The maximum atomic E-state index is 11.6. The van der Waals surface area contributed by atoms with Gasteiger partial charge in [0.05, 0.1) is 11.9 Å². The first-order valence-corrected chi connectivity index (χ1v) is 6.93. The number of aromatic amines is 1. The van der Waals surface area contributed by atoms with Crippen LogP contribution in [0.4, 0.5) is 5.95 Å². The van der Waals surface area contributed by atoms with Gasteiger partial charge in [-0.15, -0.1) is 0 Å². The van der Waals surface area contributed by atoms with E-state index < -0.39 is 15.8 Å². The van der Waals surface area contributed by atoms with E-state index in [-0.39, 0.29) is 22.2 Å². The molecule has 8 nitrogen and oxygen atoms in total. The molecule has 0 fully saturated rings. The lowest BCUT2D eigenvalue weighted by Gasteiger charge is -2.05. The third kappa shape index (κ3) is 2.55. The van der Waals surface area contributed by atoms with Crippen LogP contribution in [0.25, 0.3) is 11.3 Å². The Hall–Kier alpha value is -2.42. The first kappa shape index (κ1) is 13.0. The molecule has 4 N–H and O–H groups in total. The second-order valence-electron chi connectivity index (χ2n) is 3.82. The van der Waals surface area contributed by atoms with Gasteiger partial charge in [0, 0.05) is 18.0 Å². The Morgan fingerprint density at radius 3 is 2.68 bits per heavy atom. The van der Waals surface area contributed by atoms with Crippen molar-refractivity contribution >= 4 is 21.8 Å². The number of hydrogen-bond donors (Lipinski definition) is 3. The third-order valence-corrected chi connectivity index (χ3v) is 3.46. The fourth-order valence-electron chi connectivity index (χ4n) is 1.52. The molecule has 0 saturated carbocycles. The molecule has 0 radical (unpaired) electrons. The summed E-state index contributed by atoms with van der Waals surface area (Å²) in [4.78, 5) is 20.7. The molecule has 0 aliphatic rings. The monoisotopic (exact) mass is 282 g/mol. The molecule has 0 saturated heterocycles. The molecule has 19 heavy (non-hydrogen) atoms. The number of aromatic carboxylic acids is 1. The van der Waals surface area contributed by atoms with E-state index in [0.29, 0.717) is 5.56 Å². The van der Waals surface area contributed by atoms with Crippen LogP contribution in [0, 0.1) is 0 Å². The van der Waals surface area contributed by atoms with E-state index in [0.717, 1.165) is 12.5 Å². The number of nitrogens with zero attached hydrogens (tertiary/aromatic N) is 2. The van der Waals surface area contributed by atoms with Crippen molar-refractivity contribution in [2.75, 3.05) is 12.0 Å². The summed E-state index contributed by atoms with van der Waals surface area (Å²) in [7, 11) is -3.55. The zero-order valence-electron chi connectivity index (χ0n) is 9.78. The molecule has 2 aromatic rings. The summed E-state index contributed by atoms with van der Waals surface area (Å²) in [5.41, 5.74) is 5.73. The number of aromatic nitrogens is 3. The number of nitrogens with one attached hydrogen (secondary N) is 1. The molecule has 0 amide bonds. The predicted octanol–water partition coefficient (Wildman–Crippen LogP) is 0.156. The molecule has 2 heterocycles. The number of carboxylic acid groups (broad SMARTS) is 1. The quantitative estimate of drug-likeness (QED) is 0.728. The third-order valence-electron chi connectivity index (χ3n) is 2.36. The highest BCUT2D eigenvalue weighted by atomic mass is 32.2. The summed E-state index contributed by atoms with van der Waals surface area (Å²) < 4.78 is 23.3. The topological polar surface area (TPSA) is 139 Å². The van der Waals surface area contributed by atoms with E-state index in [1.54, 1.807) is 0 Å². The fraction of sp³-hybridized carbons (Fsp3) is 0.100. The molecule has 2 rings (SSSR count). The van der Waals surface area contributed by atoms with Gasteiger partial charge in [0.2, 0.25) is 5.95 Å². The van der Waals surface area contributed by atoms with Gasteiger partial charge in [-0.1, -0.05) is 0 Å². The standard InChI is InChI=1S/C10H10N4O4S/c1-19(17,18)7-4-13-10(11)14-8(7)5-2-6(9(15)16)12-3-5/h2-4,12H,1H3,(H,15,16)(H2,11,13,14). The number of sulfone groups is 1. The number of rotatable bonds is 3. The van der Waals surface area contributed by atoms with Crippen molar-refractivity contribution in [1.29, 1.82) is 0 Å². The van der Waals surface area contributed by atoms with Gasteiger partial charge >= 0.3 is 5.97 Å². The van der Waals surface area contributed by atoms with Gasteiger partial charge in [0.1, 0.15) is 10.6 Å². The Morgan fingerprint density at radius 2 is 2.16 bits per heavy atom. The summed E-state index contributed by atoms with van der Waals surface area (Å²) in [5, 5.41) is 8.82. The van der Waals surface area contributed by atoms with Crippen molar-refractivity contribution in [3.05, 3.63) is 24.2 Å². The van der Waals surface area contributed by atoms with Gasteiger partial charge in [0.15, 0.2) is 9.84 Å². The zero-order chi connectivity index (χ0) is 14.2. The van der Waals surface area contributed by atoms with Crippen LogP contribution in [0.1, 0.15) is 10.5 Å². The Morgan fingerprint density at radius 1 is 1.47 bits per heavy atom. The van der Waals surface area contributed by atoms with Crippen LogP contribution >= 0.6 is 0 Å². The minimum atomic E-state index is -3.55. The molecule has 9 heteroatoms. The molecule has 0 bridgehead atoms. The lowest BCUT2D eigenvalue weighted by molar-refractivity contribution is 0.0691. The van der Waals surface area contributed by atoms with Gasteiger partial charge in [0.25, 0.3) is 0 Å². The van der Waals surface area contributed by atoms with Crippen molar-refractivity contribution < 1.29 is 18.3 Å². The Balaban J connectivity index is 2.66. The van der Waals surface area contributed by atoms with Gasteiger partial charge in [-0.2, -0.15) is 0 Å². The predicted molar refractivity (Wildman–Crippen MR) is 66.3 cm³/mol. The molecule has 0 unspecified atom stereocenters. The number of hydrogen-bond acceptors (Lipinski definition) is 6. The van der Waals surface area contributed by atoms with E-state index in [2.05, 4.69) is 15.0 Å². The van der Waals surface area contributed by atoms with Crippen LogP contribution < -0.4 is 5.73 Å². The number of carboxylic acids is 1. The van der Waals surface area contributed by atoms with Crippen molar-refractivity contribution in [1.82, 2.24) is 15.0 Å². The normalized spacial score (nSPS) is 11.4. The lowest BCUT2D eigenvalue weighted by atomic mass is 10.2. The van der Waals surface area contributed by atoms with E-state index in [1.165, 1.54) is 12.3 Å². The van der Waals surface area contributed by atoms with E-state index >= 15 is 0 Å². The number of H-pyrrole nitrogens is 1. The van der Waals surface area contributed by atoms with Crippen LogP contribution in [0.2, 0.25) is 0 Å². The van der Waals surface area contributed by atoms with Gasteiger partial charge in [-0.05, 0) is 6.07 Å². The average molecular weight is 282 g/mol. The summed E-state index contributed by atoms with van der Waals surface area (Å²) in [6.07, 6.45) is 3.45. The fourth-order valence-corrected chi connectivity index (χ4v) is 2.28. The molecular weight excluding hydrogens is 272 g/mol. The summed E-state index contributed by atoms with van der Waals surface area (Å²) in [5.74, 6) is -1.25. The maximum absolute atomic E-state index is 11.6. The second-order valence-corrected chi connectivity index (χ2v) is 5.80. The maximum Gasteiger partial charge on any atom is 0.352 e. The number of nitrogen functional groups attached to an aromatic ring is 1. The van der Waals surface area contributed by atoms with Crippen molar-refractivity contribution in [3.63, 3.8) is 0 Å². The van der Waals surface area contributed by atoms with Crippen LogP contribution in [0.5, 0.6) is 0 Å². The average Bonchev–Trinajstić information content (AvgIpc) is 2.76. The smallest absolute Gasteiger partial charge is 0.352 e. The van der Waals surface area contributed by atoms with E-state index in [4.69, 9.17) is 10.8 Å². The summed E-state index contributed by atoms with van der Waals surface area (Å²) >= 11 is 0. The van der Waals surface area contributed by atoms with E-state index in [1.807, 2.05) is 0 Å². The highest BCUT2D eigenvalue weighted by molar-refractivity contribution is 7.90. The first-order chi connectivity index (χ1) is 8.79. The van der Waals surface area contributed by atoms with Crippen molar-refractivity contribution in [2.45, 2.75) is 4.90 Å². The second kappa shape index (κ2) is 4.35. The molecule has 0 aromatic carbocycles. The highest BCUT2D eigenvalue weighted by Gasteiger charge is 2.19.